The fraction of sp³-hybridized carbons (Fsp3) is 0.450. The molecule has 0 radical (unpaired) electrons. The molecule has 7 heteroatoms. The van der Waals surface area contributed by atoms with Gasteiger partial charge in [-0.15, -0.1) is 0 Å². The Morgan fingerprint density at radius 3 is 2.48 bits per heavy atom. The van der Waals surface area contributed by atoms with Crippen LogP contribution in [0.1, 0.15) is 61.0 Å². The fourth-order valence-corrected chi connectivity index (χ4v) is 3.71. The number of hydrogen-bond acceptors (Lipinski definition) is 4. The number of rotatable bonds is 5. The van der Waals surface area contributed by atoms with Crippen molar-refractivity contribution in [3.8, 4) is 5.75 Å². The Bertz CT molecular complexity index is 909. The summed E-state index contributed by atoms with van der Waals surface area (Å²) in [6, 6.07) is 10.3. The molecule has 0 bridgehead atoms. The van der Waals surface area contributed by atoms with Gasteiger partial charge < -0.3 is 10.4 Å². The second-order valence-electron chi connectivity index (χ2n) is 7.04. The second-order valence-corrected chi connectivity index (χ2v) is 7.04. The Labute approximate surface area is 157 Å². The smallest absolute Gasteiger partial charge is 0.329 e. The van der Waals surface area contributed by atoms with E-state index >= 15 is 0 Å². The van der Waals surface area contributed by atoms with Crippen LogP contribution in [0.5, 0.6) is 5.75 Å². The first kappa shape index (κ1) is 18.9. The van der Waals surface area contributed by atoms with E-state index in [1.165, 1.54) is 5.56 Å². The first-order chi connectivity index (χ1) is 13.0. The summed E-state index contributed by atoms with van der Waals surface area (Å²) in [5.41, 5.74) is -0.567. The monoisotopic (exact) mass is 371 g/mol. The summed E-state index contributed by atoms with van der Waals surface area (Å²) in [5.74, 6) is -0.849. The molecule has 2 aromatic rings. The van der Waals surface area contributed by atoms with E-state index < -0.39 is 22.9 Å². The fourth-order valence-electron chi connectivity index (χ4n) is 3.71. The largest absolute Gasteiger partial charge is 0.501 e. The Morgan fingerprint density at radius 1 is 1.19 bits per heavy atom. The van der Waals surface area contributed by atoms with Gasteiger partial charge in [0.05, 0.1) is 0 Å². The summed E-state index contributed by atoms with van der Waals surface area (Å²) in [5, 5.41) is 12.9. The van der Waals surface area contributed by atoms with Crippen LogP contribution in [0.2, 0.25) is 0 Å². The van der Waals surface area contributed by atoms with E-state index in [-0.39, 0.29) is 18.3 Å². The third kappa shape index (κ3) is 4.13. The average Bonchev–Trinajstić information content (AvgIpc) is 2.69. The molecule has 1 amide bonds. The van der Waals surface area contributed by atoms with Gasteiger partial charge in [-0.3, -0.25) is 19.1 Å². The topological polar surface area (TPSA) is 104 Å². The first-order valence-electron chi connectivity index (χ1n) is 9.43. The molecule has 0 atom stereocenters. The molecule has 1 heterocycles. The molecule has 3 N–H and O–H groups in total. The highest BCUT2D eigenvalue weighted by Gasteiger charge is 2.26. The van der Waals surface area contributed by atoms with E-state index in [4.69, 9.17) is 0 Å². The minimum Gasteiger partial charge on any atom is -0.501 e. The molecule has 0 unspecified atom stereocenters. The van der Waals surface area contributed by atoms with Gasteiger partial charge in [-0.25, -0.2) is 4.79 Å². The van der Waals surface area contributed by atoms with Gasteiger partial charge in [-0.05, 0) is 43.6 Å². The van der Waals surface area contributed by atoms with Crippen LogP contribution < -0.4 is 16.6 Å². The Morgan fingerprint density at radius 2 is 1.85 bits per heavy atom. The van der Waals surface area contributed by atoms with Crippen molar-refractivity contribution in [2.24, 2.45) is 0 Å². The highest BCUT2D eigenvalue weighted by Crippen LogP contribution is 2.32. The second kappa shape index (κ2) is 8.24. The van der Waals surface area contributed by atoms with Crippen molar-refractivity contribution >= 4 is 5.91 Å². The van der Waals surface area contributed by atoms with Crippen molar-refractivity contribution in [1.82, 2.24) is 14.9 Å². The Kier molecular flexibility index (Phi) is 5.78. The first-order valence-corrected chi connectivity index (χ1v) is 9.43. The van der Waals surface area contributed by atoms with Gasteiger partial charge in [0.2, 0.25) is 5.75 Å². The van der Waals surface area contributed by atoms with Crippen LogP contribution in [-0.4, -0.2) is 26.6 Å². The number of carbonyl (C=O) groups excluding carboxylic acids is 1. The standard InChI is InChI=1S/C20H25N3O4/c1-2-12-23-19(26)17(24)16(22-20(23)27)18(25)21-15-10-8-14(9-11-15)13-6-4-3-5-7-13/h3-7,14-15,24H,2,8-12H2,1H3,(H,21,25)(H,22,27). The lowest BCUT2D eigenvalue weighted by atomic mass is 9.82. The molecule has 1 fully saturated rings. The summed E-state index contributed by atoms with van der Waals surface area (Å²) in [6.45, 7) is 2.00. The molecule has 1 aromatic carbocycles. The molecule has 1 aliphatic carbocycles. The molecule has 1 aliphatic rings. The molecule has 0 saturated heterocycles. The Balaban J connectivity index is 1.67. The van der Waals surface area contributed by atoms with Gasteiger partial charge in [0, 0.05) is 12.6 Å². The van der Waals surface area contributed by atoms with Crippen molar-refractivity contribution in [1.29, 1.82) is 0 Å². The zero-order valence-electron chi connectivity index (χ0n) is 15.4. The number of benzene rings is 1. The number of aromatic amines is 1. The van der Waals surface area contributed by atoms with Gasteiger partial charge in [0.25, 0.3) is 11.5 Å². The summed E-state index contributed by atoms with van der Waals surface area (Å²) >= 11 is 0. The maximum Gasteiger partial charge on any atom is 0.329 e. The number of nitrogens with one attached hydrogen (secondary N) is 2. The van der Waals surface area contributed by atoms with Crippen LogP contribution in [0.4, 0.5) is 0 Å². The average molecular weight is 371 g/mol. The minimum absolute atomic E-state index is 0.0431. The van der Waals surface area contributed by atoms with Crippen LogP contribution in [0.25, 0.3) is 0 Å². The van der Waals surface area contributed by atoms with E-state index in [0.717, 1.165) is 30.3 Å². The van der Waals surface area contributed by atoms with E-state index in [9.17, 15) is 19.5 Å². The summed E-state index contributed by atoms with van der Waals surface area (Å²) < 4.78 is 0.900. The Hall–Kier alpha value is -2.83. The lowest BCUT2D eigenvalue weighted by Gasteiger charge is -2.29. The molecular formula is C20H25N3O4. The molecular weight excluding hydrogens is 346 g/mol. The molecule has 0 spiro atoms. The molecule has 0 aliphatic heterocycles. The van der Waals surface area contributed by atoms with Gasteiger partial charge in [0.15, 0.2) is 5.69 Å². The van der Waals surface area contributed by atoms with Crippen LogP contribution in [0, 0.1) is 0 Å². The van der Waals surface area contributed by atoms with Gasteiger partial charge in [-0.2, -0.15) is 0 Å². The van der Waals surface area contributed by atoms with Crippen LogP contribution >= 0.6 is 0 Å². The van der Waals surface area contributed by atoms with Crippen molar-refractivity contribution in [2.45, 2.75) is 57.5 Å². The predicted octanol–water partition coefficient (Wildman–Crippen LogP) is 2.11. The van der Waals surface area contributed by atoms with Crippen LogP contribution in [-0.2, 0) is 6.54 Å². The quantitative estimate of drug-likeness (QED) is 0.749. The maximum absolute atomic E-state index is 12.5. The van der Waals surface area contributed by atoms with E-state index in [1.54, 1.807) is 0 Å². The highest BCUT2D eigenvalue weighted by atomic mass is 16.3. The summed E-state index contributed by atoms with van der Waals surface area (Å²) in [7, 11) is 0. The summed E-state index contributed by atoms with van der Waals surface area (Å²) in [4.78, 5) is 38.9. The highest BCUT2D eigenvalue weighted by molar-refractivity contribution is 5.94. The molecule has 3 rings (SSSR count). The number of aromatic hydroxyl groups is 1. The zero-order chi connectivity index (χ0) is 19.4. The minimum atomic E-state index is -0.835. The van der Waals surface area contributed by atoms with E-state index in [2.05, 4.69) is 22.4 Å². The number of H-pyrrole nitrogens is 1. The molecule has 1 saturated carbocycles. The predicted molar refractivity (Wildman–Crippen MR) is 102 cm³/mol. The van der Waals surface area contributed by atoms with Crippen LogP contribution in [0.3, 0.4) is 0 Å². The molecule has 1 aromatic heterocycles. The van der Waals surface area contributed by atoms with Crippen molar-refractivity contribution in [2.75, 3.05) is 0 Å². The third-order valence-electron chi connectivity index (χ3n) is 5.17. The van der Waals surface area contributed by atoms with Gasteiger partial charge >= 0.3 is 5.69 Å². The lowest BCUT2D eigenvalue weighted by molar-refractivity contribution is 0.0916. The van der Waals surface area contributed by atoms with Crippen molar-refractivity contribution in [3.63, 3.8) is 0 Å². The van der Waals surface area contributed by atoms with Gasteiger partial charge in [-0.1, -0.05) is 37.3 Å². The van der Waals surface area contributed by atoms with E-state index in [1.807, 2.05) is 25.1 Å². The molecule has 7 nitrogen and oxygen atoms in total. The third-order valence-corrected chi connectivity index (χ3v) is 5.17. The van der Waals surface area contributed by atoms with Crippen molar-refractivity contribution < 1.29 is 9.90 Å². The number of amides is 1. The normalized spacial score (nSPS) is 19.6. The molecule has 144 valence electrons. The SMILES string of the molecule is CCCn1c(=O)[nH]c(C(=O)NC2CCC(c3ccccc3)CC2)c(O)c1=O. The lowest BCUT2D eigenvalue weighted by Crippen LogP contribution is -2.41. The number of nitrogens with zero attached hydrogens (tertiary/aromatic N) is 1. The summed E-state index contributed by atoms with van der Waals surface area (Å²) in [6.07, 6.45) is 4.09. The maximum atomic E-state index is 12.5. The number of hydrogen-bond donors (Lipinski definition) is 3. The number of aromatic nitrogens is 2. The van der Waals surface area contributed by atoms with E-state index in [0.29, 0.717) is 12.3 Å². The number of carbonyl (C=O) groups is 1. The zero-order valence-corrected chi connectivity index (χ0v) is 15.4. The van der Waals surface area contributed by atoms with Crippen molar-refractivity contribution in [3.05, 3.63) is 62.4 Å². The van der Waals surface area contributed by atoms with Crippen LogP contribution in [0.15, 0.2) is 39.9 Å². The van der Waals surface area contributed by atoms with Gasteiger partial charge in [0.1, 0.15) is 0 Å². The molecule has 27 heavy (non-hydrogen) atoms.